The van der Waals surface area contributed by atoms with Crippen molar-refractivity contribution in [2.75, 3.05) is 0 Å². The molecule has 0 bridgehead atoms. The molecule has 33 heavy (non-hydrogen) atoms. The van der Waals surface area contributed by atoms with Gasteiger partial charge in [-0.1, -0.05) is 24.3 Å². The number of fused-ring (bicyclic) bond motifs is 3. The SMILES string of the molecule is c1ccc(-c2nc3ccc(-c4ccc5nc(-c6cc7cccnc7s6)[nH]c5c4)cc3[nH]2)nc1. The van der Waals surface area contributed by atoms with Crippen LogP contribution in [0.5, 0.6) is 0 Å². The van der Waals surface area contributed by atoms with Crippen LogP contribution in [0.2, 0.25) is 0 Å². The Morgan fingerprint density at radius 3 is 2.09 bits per heavy atom. The molecule has 5 heterocycles. The Balaban J connectivity index is 1.27. The molecule has 0 amide bonds. The maximum Gasteiger partial charge on any atom is 0.157 e. The topological polar surface area (TPSA) is 83.1 Å². The Kier molecular flexibility index (Phi) is 3.91. The fourth-order valence-electron chi connectivity index (χ4n) is 4.11. The summed E-state index contributed by atoms with van der Waals surface area (Å²) in [4.78, 5) is 27.3. The van der Waals surface area contributed by atoms with Gasteiger partial charge in [0.05, 0.1) is 26.9 Å². The second-order valence-electron chi connectivity index (χ2n) is 7.86. The molecule has 0 aliphatic carbocycles. The molecule has 0 saturated heterocycles. The van der Waals surface area contributed by atoms with E-state index in [9.17, 15) is 0 Å². The zero-order valence-corrected chi connectivity index (χ0v) is 18.1. The molecular formula is C26H16N6S. The van der Waals surface area contributed by atoms with Crippen LogP contribution < -0.4 is 0 Å². The van der Waals surface area contributed by atoms with Crippen molar-refractivity contribution in [3.8, 4) is 33.3 Å². The maximum absolute atomic E-state index is 4.80. The molecule has 2 N–H and O–H groups in total. The predicted octanol–water partition coefficient (Wildman–Crippen LogP) is 6.44. The van der Waals surface area contributed by atoms with Crippen molar-refractivity contribution in [1.29, 1.82) is 0 Å². The minimum atomic E-state index is 0.772. The molecular weight excluding hydrogens is 428 g/mol. The molecule has 5 aromatic heterocycles. The van der Waals surface area contributed by atoms with Gasteiger partial charge in [0.1, 0.15) is 16.3 Å². The van der Waals surface area contributed by atoms with E-state index < -0.39 is 0 Å². The standard InChI is InChI=1S/C26H16N6S/c1-2-10-27-20(5-1)24-29-18-8-6-15(12-21(18)31-24)16-7-9-19-22(13-16)32-25(30-19)23-14-17-4-3-11-28-26(17)33-23/h1-14H,(H,29,31)(H,30,32). The fraction of sp³-hybridized carbons (Fsp3) is 0. The van der Waals surface area contributed by atoms with E-state index in [0.29, 0.717) is 0 Å². The Hall–Kier alpha value is -4.36. The largest absolute Gasteiger partial charge is 0.337 e. The summed E-state index contributed by atoms with van der Waals surface area (Å²) < 4.78 is 0. The lowest BCUT2D eigenvalue weighted by atomic mass is 10.0. The Bertz CT molecular complexity index is 1740. The average molecular weight is 445 g/mol. The molecule has 0 aliphatic rings. The first-order valence-corrected chi connectivity index (χ1v) is 11.4. The third-order valence-electron chi connectivity index (χ3n) is 5.73. The van der Waals surface area contributed by atoms with Gasteiger partial charge in [0.15, 0.2) is 5.82 Å². The van der Waals surface area contributed by atoms with Crippen LogP contribution in [0.1, 0.15) is 0 Å². The van der Waals surface area contributed by atoms with E-state index in [1.54, 1.807) is 17.5 Å². The van der Waals surface area contributed by atoms with Crippen LogP contribution in [0, 0.1) is 0 Å². The molecule has 156 valence electrons. The first kappa shape index (κ1) is 18.2. The smallest absolute Gasteiger partial charge is 0.157 e. The van der Waals surface area contributed by atoms with Crippen LogP contribution in [0.15, 0.2) is 85.2 Å². The maximum atomic E-state index is 4.80. The van der Waals surface area contributed by atoms with Crippen LogP contribution in [0.25, 0.3) is 65.6 Å². The van der Waals surface area contributed by atoms with Gasteiger partial charge in [-0.05, 0) is 59.7 Å². The summed E-state index contributed by atoms with van der Waals surface area (Å²) in [6.45, 7) is 0. The lowest BCUT2D eigenvalue weighted by Crippen LogP contribution is -1.82. The lowest BCUT2D eigenvalue weighted by molar-refractivity contribution is 1.24. The van der Waals surface area contributed by atoms with E-state index in [4.69, 9.17) is 4.98 Å². The number of hydrogen-bond donors (Lipinski definition) is 2. The summed E-state index contributed by atoms with van der Waals surface area (Å²) in [6, 6.07) is 24.6. The molecule has 0 fully saturated rings. The molecule has 7 aromatic rings. The highest BCUT2D eigenvalue weighted by Crippen LogP contribution is 2.33. The monoisotopic (exact) mass is 444 g/mol. The number of pyridine rings is 2. The summed E-state index contributed by atoms with van der Waals surface area (Å²) in [6.07, 6.45) is 3.60. The number of hydrogen-bond acceptors (Lipinski definition) is 5. The zero-order chi connectivity index (χ0) is 21.8. The van der Waals surface area contributed by atoms with Gasteiger partial charge in [0, 0.05) is 17.8 Å². The molecule has 6 nitrogen and oxygen atoms in total. The van der Waals surface area contributed by atoms with Gasteiger partial charge < -0.3 is 9.97 Å². The number of nitrogens with one attached hydrogen (secondary N) is 2. The van der Waals surface area contributed by atoms with E-state index in [0.717, 1.165) is 65.6 Å². The van der Waals surface area contributed by atoms with Crippen molar-refractivity contribution in [2.45, 2.75) is 0 Å². The first-order chi connectivity index (χ1) is 16.3. The van der Waals surface area contributed by atoms with Crippen LogP contribution in [-0.2, 0) is 0 Å². The van der Waals surface area contributed by atoms with Gasteiger partial charge >= 0.3 is 0 Å². The summed E-state index contributed by atoms with van der Waals surface area (Å²) in [5.74, 6) is 1.64. The average Bonchev–Trinajstić information content (AvgIpc) is 3.59. The van der Waals surface area contributed by atoms with Gasteiger partial charge in [-0.15, -0.1) is 11.3 Å². The van der Waals surface area contributed by atoms with Crippen molar-refractivity contribution in [3.05, 3.63) is 85.2 Å². The molecule has 7 rings (SSSR count). The van der Waals surface area contributed by atoms with Crippen molar-refractivity contribution in [1.82, 2.24) is 29.9 Å². The van der Waals surface area contributed by atoms with Crippen molar-refractivity contribution < 1.29 is 0 Å². The molecule has 0 atom stereocenters. The quantitative estimate of drug-likeness (QED) is 0.328. The first-order valence-electron chi connectivity index (χ1n) is 10.6. The van der Waals surface area contributed by atoms with Crippen molar-refractivity contribution in [2.24, 2.45) is 0 Å². The third kappa shape index (κ3) is 3.09. The number of nitrogens with zero attached hydrogens (tertiary/aromatic N) is 4. The predicted molar refractivity (Wildman–Crippen MR) is 133 cm³/mol. The second kappa shape index (κ2) is 7.08. The van der Waals surface area contributed by atoms with Crippen molar-refractivity contribution >= 4 is 43.6 Å². The Morgan fingerprint density at radius 1 is 0.636 bits per heavy atom. The third-order valence-corrected chi connectivity index (χ3v) is 6.80. The highest BCUT2D eigenvalue weighted by atomic mass is 32.1. The van der Waals surface area contributed by atoms with Crippen molar-refractivity contribution in [3.63, 3.8) is 0 Å². The molecule has 2 aromatic carbocycles. The normalized spacial score (nSPS) is 11.6. The number of thiophene rings is 1. The molecule has 0 spiro atoms. The van der Waals surface area contributed by atoms with E-state index in [-0.39, 0.29) is 0 Å². The van der Waals surface area contributed by atoms with Crippen LogP contribution in [-0.4, -0.2) is 29.9 Å². The number of rotatable bonds is 3. The van der Waals surface area contributed by atoms with Crippen LogP contribution >= 0.6 is 11.3 Å². The molecule has 0 saturated carbocycles. The minimum Gasteiger partial charge on any atom is -0.337 e. The summed E-state index contributed by atoms with van der Waals surface area (Å²) in [7, 11) is 0. The van der Waals surface area contributed by atoms with E-state index in [2.05, 4.69) is 67.4 Å². The minimum absolute atomic E-state index is 0.772. The highest BCUT2D eigenvalue weighted by molar-refractivity contribution is 7.21. The van der Waals surface area contributed by atoms with Gasteiger partial charge in [0.25, 0.3) is 0 Å². The summed E-state index contributed by atoms with van der Waals surface area (Å²) in [5.41, 5.74) is 6.91. The molecule has 0 unspecified atom stereocenters. The van der Waals surface area contributed by atoms with Gasteiger partial charge in [-0.3, -0.25) is 4.98 Å². The number of aromatic nitrogens is 6. The molecule has 0 radical (unpaired) electrons. The molecule has 7 heteroatoms. The summed E-state index contributed by atoms with van der Waals surface area (Å²) in [5, 5.41) is 1.14. The van der Waals surface area contributed by atoms with Gasteiger partial charge in [-0.25, -0.2) is 15.0 Å². The number of H-pyrrole nitrogens is 2. The number of benzene rings is 2. The van der Waals surface area contributed by atoms with Crippen LogP contribution in [0.3, 0.4) is 0 Å². The van der Waals surface area contributed by atoms with E-state index >= 15 is 0 Å². The van der Waals surface area contributed by atoms with E-state index in [1.807, 2.05) is 36.5 Å². The Morgan fingerprint density at radius 2 is 1.36 bits per heavy atom. The van der Waals surface area contributed by atoms with Gasteiger partial charge in [-0.2, -0.15) is 0 Å². The zero-order valence-electron chi connectivity index (χ0n) is 17.3. The fourth-order valence-corrected chi connectivity index (χ4v) is 5.06. The van der Waals surface area contributed by atoms with E-state index in [1.165, 1.54) is 0 Å². The Labute approximate surface area is 192 Å². The number of imidazole rings is 2. The lowest BCUT2D eigenvalue weighted by Gasteiger charge is -2.01. The summed E-state index contributed by atoms with van der Waals surface area (Å²) >= 11 is 1.65. The number of aromatic amines is 2. The molecule has 0 aliphatic heterocycles. The van der Waals surface area contributed by atoms with Crippen LogP contribution in [0.4, 0.5) is 0 Å². The highest BCUT2D eigenvalue weighted by Gasteiger charge is 2.12. The van der Waals surface area contributed by atoms with Gasteiger partial charge in [0.2, 0.25) is 0 Å². The second-order valence-corrected chi connectivity index (χ2v) is 8.89.